The van der Waals surface area contributed by atoms with Crippen molar-refractivity contribution in [2.75, 3.05) is 10.0 Å². The van der Waals surface area contributed by atoms with Crippen molar-refractivity contribution in [2.45, 2.75) is 11.8 Å². The molecule has 0 aliphatic carbocycles. The van der Waals surface area contributed by atoms with E-state index in [2.05, 4.69) is 15.0 Å². The molecule has 6 nitrogen and oxygen atoms in total. The predicted molar refractivity (Wildman–Crippen MR) is 111 cm³/mol. The summed E-state index contributed by atoms with van der Waals surface area (Å²) >= 11 is 11.9. The minimum atomic E-state index is -3.97. The molecule has 144 valence electrons. The Labute approximate surface area is 172 Å². The third-order valence-corrected chi connectivity index (χ3v) is 5.64. The first-order valence-electron chi connectivity index (χ1n) is 8.06. The standard InChI is InChI=1S/C19H15Cl2N3O3S/c1-12-3-2-4-14(9-12)23-19(25)16-10-15(6-7-17(16)21)28(26,27)24-18-8-5-13(20)11-22-18/h2-11H,1H3,(H,22,24)(H,23,25). The van der Waals surface area contributed by atoms with Crippen molar-refractivity contribution in [3.05, 3.63) is 82.0 Å². The summed E-state index contributed by atoms with van der Waals surface area (Å²) in [7, 11) is -3.97. The molecule has 1 aromatic heterocycles. The number of aryl methyl sites for hydroxylation is 1. The SMILES string of the molecule is Cc1cccc(NC(=O)c2cc(S(=O)(=O)Nc3ccc(Cl)cn3)ccc2Cl)c1. The van der Waals surface area contributed by atoms with Crippen molar-refractivity contribution in [2.24, 2.45) is 0 Å². The van der Waals surface area contributed by atoms with Crippen molar-refractivity contribution in [1.82, 2.24) is 4.98 Å². The molecule has 0 aliphatic heterocycles. The number of nitrogens with one attached hydrogen (secondary N) is 2. The topological polar surface area (TPSA) is 88.2 Å². The average molecular weight is 436 g/mol. The van der Waals surface area contributed by atoms with Crippen LogP contribution in [0.25, 0.3) is 0 Å². The summed E-state index contributed by atoms with van der Waals surface area (Å²) in [6.07, 6.45) is 1.32. The smallest absolute Gasteiger partial charge is 0.263 e. The van der Waals surface area contributed by atoms with Crippen molar-refractivity contribution in [1.29, 1.82) is 0 Å². The largest absolute Gasteiger partial charge is 0.322 e. The van der Waals surface area contributed by atoms with E-state index in [1.165, 1.54) is 36.5 Å². The average Bonchev–Trinajstić information content (AvgIpc) is 2.63. The Kier molecular flexibility index (Phi) is 5.88. The van der Waals surface area contributed by atoms with Crippen LogP contribution >= 0.6 is 23.2 Å². The fourth-order valence-electron chi connectivity index (χ4n) is 2.40. The lowest BCUT2D eigenvalue weighted by atomic mass is 10.2. The molecule has 0 saturated carbocycles. The van der Waals surface area contributed by atoms with Crippen LogP contribution in [0.1, 0.15) is 15.9 Å². The van der Waals surface area contributed by atoms with Crippen LogP contribution in [0.3, 0.4) is 0 Å². The number of sulfonamides is 1. The van der Waals surface area contributed by atoms with Gasteiger partial charge in [0.1, 0.15) is 5.82 Å². The van der Waals surface area contributed by atoms with Gasteiger partial charge in [-0.25, -0.2) is 13.4 Å². The van der Waals surface area contributed by atoms with Gasteiger partial charge in [0, 0.05) is 11.9 Å². The molecule has 0 bridgehead atoms. The number of aromatic nitrogens is 1. The highest BCUT2D eigenvalue weighted by molar-refractivity contribution is 7.92. The lowest BCUT2D eigenvalue weighted by Crippen LogP contribution is -2.17. The van der Waals surface area contributed by atoms with E-state index in [0.29, 0.717) is 10.7 Å². The Bertz CT molecular complexity index is 1130. The highest BCUT2D eigenvalue weighted by Gasteiger charge is 2.19. The van der Waals surface area contributed by atoms with E-state index in [9.17, 15) is 13.2 Å². The first-order valence-corrected chi connectivity index (χ1v) is 10.3. The van der Waals surface area contributed by atoms with Gasteiger partial charge in [0.2, 0.25) is 0 Å². The quantitative estimate of drug-likeness (QED) is 0.604. The van der Waals surface area contributed by atoms with Crippen LogP contribution in [-0.2, 0) is 10.0 Å². The predicted octanol–water partition coefficient (Wildman–Crippen LogP) is 4.75. The number of hydrogen-bond acceptors (Lipinski definition) is 4. The number of carbonyl (C=O) groups excluding carboxylic acids is 1. The first-order chi connectivity index (χ1) is 13.2. The number of hydrogen-bond donors (Lipinski definition) is 2. The van der Waals surface area contributed by atoms with E-state index in [-0.39, 0.29) is 21.3 Å². The molecule has 0 fully saturated rings. The van der Waals surface area contributed by atoms with Crippen LogP contribution in [0.4, 0.5) is 11.5 Å². The third kappa shape index (κ3) is 4.81. The Morgan fingerprint density at radius 3 is 2.50 bits per heavy atom. The second kappa shape index (κ2) is 8.18. The summed E-state index contributed by atoms with van der Waals surface area (Å²) in [4.78, 5) is 16.4. The molecule has 1 amide bonds. The van der Waals surface area contributed by atoms with E-state index >= 15 is 0 Å². The van der Waals surface area contributed by atoms with Gasteiger partial charge in [-0.05, 0) is 55.0 Å². The first kappa shape index (κ1) is 20.1. The zero-order valence-corrected chi connectivity index (χ0v) is 16.9. The molecular weight excluding hydrogens is 421 g/mol. The van der Waals surface area contributed by atoms with Gasteiger partial charge in [0.05, 0.1) is 20.5 Å². The van der Waals surface area contributed by atoms with E-state index in [0.717, 1.165) is 5.56 Å². The lowest BCUT2D eigenvalue weighted by molar-refractivity contribution is 0.102. The molecule has 0 atom stereocenters. The second-order valence-corrected chi connectivity index (χ2v) is 8.46. The van der Waals surface area contributed by atoms with Crippen LogP contribution in [-0.4, -0.2) is 19.3 Å². The van der Waals surface area contributed by atoms with Gasteiger partial charge in [-0.3, -0.25) is 9.52 Å². The van der Waals surface area contributed by atoms with Crippen LogP contribution in [0.15, 0.2) is 65.7 Å². The van der Waals surface area contributed by atoms with Crippen LogP contribution in [0.5, 0.6) is 0 Å². The maximum Gasteiger partial charge on any atom is 0.263 e. The monoisotopic (exact) mass is 435 g/mol. The van der Waals surface area contributed by atoms with Crippen molar-refractivity contribution in [3.63, 3.8) is 0 Å². The molecule has 2 N–H and O–H groups in total. The third-order valence-electron chi connectivity index (χ3n) is 3.74. The zero-order chi connectivity index (χ0) is 20.3. The normalized spacial score (nSPS) is 11.1. The highest BCUT2D eigenvalue weighted by Crippen LogP contribution is 2.23. The summed E-state index contributed by atoms with van der Waals surface area (Å²) in [5.41, 5.74) is 1.59. The minimum absolute atomic E-state index is 0.0371. The van der Waals surface area contributed by atoms with Crippen LogP contribution in [0.2, 0.25) is 10.0 Å². The Morgan fingerprint density at radius 2 is 1.82 bits per heavy atom. The summed E-state index contributed by atoms with van der Waals surface area (Å²) in [5.74, 6) is -0.414. The van der Waals surface area contributed by atoms with Crippen LogP contribution < -0.4 is 10.0 Å². The van der Waals surface area contributed by atoms with Gasteiger partial charge in [-0.2, -0.15) is 0 Å². The zero-order valence-electron chi connectivity index (χ0n) is 14.6. The molecule has 0 saturated heterocycles. The second-order valence-electron chi connectivity index (χ2n) is 5.93. The van der Waals surface area contributed by atoms with Crippen LogP contribution in [0, 0.1) is 6.92 Å². The number of halogens is 2. The van der Waals surface area contributed by atoms with Gasteiger partial charge >= 0.3 is 0 Å². The highest BCUT2D eigenvalue weighted by atomic mass is 35.5. The maximum atomic E-state index is 12.6. The van der Waals surface area contributed by atoms with Gasteiger partial charge in [-0.1, -0.05) is 35.3 Å². The molecule has 0 spiro atoms. The van der Waals surface area contributed by atoms with Gasteiger partial charge in [-0.15, -0.1) is 0 Å². The number of rotatable bonds is 5. The Balaban J connectivity index is 1.87. The Morgan fingerprint density at radius 1 is 1.04 bits per heavy atom. The molecular formula is C19H15Cl2N3O3S. The number of nitrogens with zero attached hydrogens (tertiary/aromatic N) is 1. The molecule has 28 heavy (non-hydrogen) atoms. The Hall–Kier alpha value is -2.61. The van der Waals surface area contributed by atoms with Crippen molar-refractivity contribution < 1.29 is 13.2 Å². The van der Waals surface area contributed by atoms with E-state index in [1.807, 2.05) is 13.0 Å². The molecule has 3 rings (SSSR count). The fraction of sp³-hybridized carbons (Fsp3) is 0.0526. The molecule has 2 aromatic carbocycles. The minimum Gasteiger partial charge on any atom is -0.322 e. The molecule has 0 aliphatic rings. The van der Waals surface area contributed by atoms with Gasteiger partial charge in [0.25, 0.3) is 15.9 Å². The molecule has 0 radical (unpaired) electrons. The number of carbonyl (C=O) groups is 1. The molecule has 0 unspecified atom stereocenters. The fourth-order valence-corrected chi connectivity index (χ4v) is 3.75. The summed E-state index contributed by atoms with van der Waals surface area (Å²) < 4.78 is 27.6. The number of pyridine rings is 1. The van der Waals surface area contributed by atoms with Gasteiger partial charge in [0.15, 0.2) is 0 Å². The maximum absolute atomic E-state index is 12.6. The van der Waals surface area contributed by atoms with E-state index in [1.54, 1.807) is 18.2 Å². The molecule has 1 heterocycles. The molecule has 9 heteroatoms. The summed E-state index contributed by atoms with van der Waals surface area (Å²) in [6.45, 7) is 1.90. The van der Waals surface area contributed by atoms with Crippen molar-refractivity contribution >= 4 is 50.6 Å². The van der Waals surface area contributed by atoms with Gasteiger partial charge < -0.3 is 5.32 Å². The summed E-state index contributed by atoms with van der Waals surface area (Å²) in [6, 6.07) is 14.0. The van der Waals surface area contributed by atoms with Crippen molar-refractivity contribution in [3.8, 4) is 0 Å². The summed E-state index contributed by atoms with van der Waals surface area (Å²) in [5, 5.41) is 3.22. The lowest BCUT2D eigenvalue weighted by Gasteiger charge is -2.11. The molecule has 3 aromatic rings. The van der Waals surface area contributed by atoms with E-state index in [4.69, 9.17) is 23.2 Å². The number of anilines is 2. The van der Waals surface area contributed by atoms with E-state index < -0.39 is 15.9 Å². The number of amides is 1. The number of benzene rings is 2.